The van der Waals surface area contributed by atoms with Gasteiger partial charge in [0.2, 0.25) is 6.33 Å². The van der Waals surface area contributed by atoms with Crippen molar-refractivity contribution >= 4 is 28.6 Å². The SMILES string of the molecule is CC(=S)N(Cc1ccccc1)c1ccccc1NNCn1cc[n+](C)c1.[Br-]. The minimum atomic E-state index is 0. The summed E-state index contributed by atoms with van der Waals surface area (Å²) in [5, 5.41) is 0. The summed E-state index contributed by atoms with van der Waals surface area (Å²) in [5.41, 5.74) is 9.83. The van der Waals surface area contributed by atoms with Crippen LogP contribution < -0.4 is 37.3 Å². The summed E-state index contributed by atoms with van der Waals surface area (Å²) >= 11 is 5.52. The van der Waals surface area contributed by atoms with Gasteiger partial charge in [-0.05, 0) is 24.6 Å². The van der Waals surface area contributed by atoms with Gasteiger partial charge in [0.15, 0.2) is 6.67 Å². The third-order valence-corrected chi connectivity index (χ3v) is 4.29. The van der Waals surface area contributed by atoms with E-state index in [1.165, 1.54) is 5.56 Å². The van der Waals surface area contributed by atoms with Gasteiger partial charge in [-0.3, -0.25) is 0 Å². The summed E-state index contributed by atoms with van der Waals surface area (Å²) in [5.74, 6) is 0. The van der Waals surface area contributed by atoms with Crippen LogP contribution in [0.3, 0.4) is 0 Å². The molecule has 2 N–H and O–H groups in total. The third-order valence-electron chi connectivity index (χ3n) is 4.07. The molecule has 0 saturated heterocycles. The van der Waals surface area contributed by atoms with E-state index in [-0.39, 0.29) is 17.0 Å². The molecule has 0 fully saturated rings. The van der Waals surface area contributed by atoms with Crippen molar-refractivity contribution in [3.05, 3.63) is 78.9 Å². The smallest absolute Gasteiger partial charge is 0.244 e. The third kappa shape index (κ3) is 5.89. The predicted molar refractivity (Wildman–Crippen MR) is 110 cm³/mol. The van der Waals surface area contributed by atoms with Crippen LogP contribution >= 0.6 is 12.2 Å². The zero-order chi connectivity index (χ0) is 18.4. The fourth-order valence-electron chi connectivity index (χ4n) is 2.77. The van der Waals surface area contributed by atoms with Gasteiger partial charge in [-0.15, -0.1) is 0 Å². The summed E-state index contributed by atoms with van der Waals surface area (Å²) in [6, 6.07) is 18.5. The highest BCUT2D eigenvalue weighted by molar-refractivity contribution is 7.80. The molecule has 0 saturated carbocycles. The molecule has 7 heteroatoms. The van der Waals surface area contributed by atoms with Crippen LogP contribution in [-0.2, 0) is 20.3 Å². The number of aromatic nitrogens is 2. The molecular formula is C20H24BrN5S. The van der Waals surface area contributed by atoms with Crippen LogP contribution in [0.2, 0.25) is 0 Å². The molecule has 0 atom stereocenters. The van der Waals surface area contributed by atoms with Gasteiger partial charge < -0.3 is 27.3 Å². The number of hydrogen-bond donors (Lipinski definition) is 2. The van der Waals surface area contributed by atoms with Crippen LogP contribution in [0.5, 0.6) is 0 Å². The highest BCUT2D eigenvalue weighted by Gasteiger charge is 2.13. The molecule has 2 aromatic carbocycles. The number of rotatable bonds is 7. The topological polar surface area (TPSA) is 36.1 Å². The lowest BCUT2D eigenvalue weighted by atomic mass is 10.2. The van der Waals surface area contributed by atoms with Crippen LogP contribution in [0.15, 0.2) is 73.3 Å². The molecule has 27 heavy (non-hydrogen) atoms. The summed E-state index contributed by atoms with van der Waals surface area (Å²) in [7, 11) is 2.00. The van der Waals surface area contributed by atoms with Crippen molar-refractivity contribution in [1.82, 2.24) is 9.99 Å². The van der Waals surface area contributed by atoms with E-state index < -0.39 is 0 Å². The molecule has 5 nitrogen and oxygen atoms in total. The van der Waals surface area contributed by atoms with Gasteiger partial charge in [-0.2, -0.15) is 5.43 Å². The molecule has 0 aliphatic heterocycles. The molecule has 3 rings (SSSR count). The van der Waals surface area contributed by atoms with Crippen molar-refractivity contribution in [3.63, 3.8) is 0 Å². The van der Waals surface area contributed by atoms with E-state index in [1.807, 2.05) is 61.5 Å². The zero-order valence-corrected chi connectivity index (χ0v) is 17.9. The number of thiocarbonyl (C=S) groups is 1. The molecule has 0 radical (unpaired) electrons. The van der Waals surface area contributed by atoms with Crippen LogP contribution in [0, 0.1) is 0 Å². The Morgan fingerprint density at radius 2 is 1.81 bits per heavy atom. The maximum absolute atomic E-state index is 5.52. The number of nitrogens with zero attached hydrogens (tertiary/aromatic N) is 3. The second-order valence-corrected chi connectivity index (χ2v) is 6.75. The van der Waals surface area contributed by atoms with Gasteiger partial charge in [-0.25, -0.2) is 9.13 Å². The lowest BCUT2D eigenvalue weighted by molar-refractivity contribution is -0.671. The van der Waals surface area contributed by atoms with Gasteiger partial charge in [-0.1, -0.05) is 54.7 Å². The van der Waals surface area contributed by atoms with Gasteiger partial charge in [0.1, 0.15) is 12.4 Å². The molecule has 0 unspecified atom stereocenters. The number of hydrogen-bond acceptors (Lipinski definition) is 3. The monoisotopic (exact) mass is 445 g/mol. The Labute approximate surface area is 176 Å². The number of nitrogens with one attached hydrogen (secondary N) is 2. The van der Waals surface area contributed by atoms with E-state index in [2.05, 4.69) is 50.7 Å². The van der Waals surface area contributed by atoms with E-state index >= 15 is 0 Å². The number of benzene rings is 2. The molecule has 142 valence electrons. The van der Waals surface area contributed by atoms with Crippen molar-refractivity contribution in [2.45, 2.75) is 20.1 Å². The minimum Gasteiger partial charge on any atom is -1.00 e. The molecule has 1 heterocycles. The highest BCUT2D eigenvalue weighted by atomic mass is 79.9. The average Bonchev–Trinajstić information content (AvgIpc) is 3.06. The maximum atomic E-state index is 5.52. The number of imidazole rings is 1. The van der Waals surface area contributed by atoms with Crippen LogP contribution in [0.4, 0.5) is 11.4 Å². The van der Waals surface area contributed by atoms with Gasteiger partial charge in [0.25, 0.3) is 0 Å². The van der Waals surface area contributed by atoms with Gasteiger partial charge in [0, 0.05) is 6.54 Å². The molecule has 0 aliphatic rings. The second-order valence-electron chi connectivity index (χ2n) is 6.16. The van der Waals surface area contributed by atoms with Crippen molar-refractivity contribution < 1.29 is 21.5 Å². The minimum absolute atomic E-state index is 0. The lowest BCUT2D eigenvalue weighted by Gasteiger charge is -2.26. The summed E-state index contributed by atoms with van der Waals surface area (Å²) < 4.78 is 4.06. The molecule has 3 aromatic rings. The molecule has 1 aromatic heterocycles. The normalized spacial score (nSPS) is 10.1. The lowest BCUT2D eigenvalue weighted by Crippen LogP contribution is -3.00. The van der Waals surface area contributed by atoms with Crippen molar-refractivity contribution in [1.29, 1.82) is 0 Å². The van der Waals surface area contributed by atoms with Gasteiger partial charge in [0.05, 0.1) is 23.4 Å². The van der Waals surface area contributed by atoms with Crippen LogP contribution in [0.25, 0.3) is 0 Å². The Kier molecular flexibility index (Phi) is 7.97. The van der Waals surface area contributed by atoms with E-state index in [0.29, 0.717) is 6.67 Å². The number of halogens is 1. The number of hydrazine groups is 1. The van der Waals surface area contributed by atoms with Crippen molar-refractivity contribution in [2.24, 2.45) is 7.05 Å². The predicted octanol–water partition coefficient (Wildman–Crippen LogP) is 0.245. The molecular weight excluding hydrogens is 422 g/mol. The quantitative estimate of drug-likeness (QED) is 0.310. The van der Waals surface area contributed by atoms with Gasteiger partial charge >= 0.3 is 0 Å². The first kappa shape index (κ1) is 21.1. The molecule has 0 amide bonds. The van der Waals surface area contributed by atoms with E-state index in [9.17, 15) is 0 Å². The van der Waals surface area contributed by atoms with Crippen LogP contribution in [-0.4, -0.2) is 9.56 Å². The number of aryl methyl sites for hydroxylation is 1. The Morgan fingerprint density at radius 3 is 2.48 bits per heavy atom. The molecule has 0 aliphatic carbocycles. The molecule has 0 bridgehead atoms. The van der Waals surface area contributed by atoms with Crippen molar-refractivity contribution in [3.8, 4) is 0 Å². The second kappa shape index (κ2) is 10.2. The number of anilines is 2. The summed E-state index contributed by atoms with van der Waals surface area (Å²) in [6.07, 6.45) is 6.04. The van der Waals surface area contributed by atoms with E-state index in [4.69, 9.17) is 12.2 Å². The summed E-state index contributed by atoms with van der Waals surface area (Å²) in [6.45, 7) is 3.36. The average molecular weight is 446 g/mol. The fraction of sp³-hybridized carbons (Fsp3) is 0.200. The first-order valence-electron chi connectivity index (χ1n) is 8.54. The first-order valence-corrected chi connectivity index (χ1v) is 8.95. The molecule has 0 spiro atoms. The Hall–Kier alpha value is -2.22. The van der Waals surface area contributed by atoms with Crippen LogP contribution in [0.1, 0.15) is 12.5 Å². The number of para-hydroxylation sites is 2. The maximum Gasteiger partial charge on any atom is 0.244 e. The Morgan fingerprint density at radius 1 is 1.11 bits per heavy atom. The fourth-order valence-corrected chi connectivity index (χ4v) is 2.93. The van der Waals surface area contributed by atoms with Crippen molar-refractivity contribution in [2.75, 3.05) is 10.3 Å². The Balaban J connectivity index is 0.00000261. The standard InChI is InChI=1S/C20H24N5S.BrH/c1-17(26)25(14-18-8-4-3-5-9-18)20-11-7-6-10-19(20)22-21-15-24-13-12-23(2)16-24;/h3-13,16,21-22H,14-15H2,1-2H3;1H/q+1;/p-1. The highest BCUT2D eigenvalue weighted by Crippen LogP contribution is 2.27. The largest absolute Gasteiger partial charge is 1.00 e. The van der Waals surface area contributed by atoms with E-state index in [0.717, 1.165) is 22.9 Å². The summed E-state index contributed by atoms with van der Waals surface area (Å²) in [4.78, 5) is 2.98. The zero-order valence-electron chi connectivity index (χ0n) is 15.5. The Bertz CT molecular complexity index is 866. The first-order chi connectivity index (χ1) is 12.6. The van der Waals surface area contributed by atoms with E-state index in [1.54, 1.807) is 0 Å².